The van der Waals surface area contributed by atoms with Crippen LogP contribution < -0.4 is 10.6 Å². The van der Waals surface area contributed by atoms with Gasteiger partial charge in [0, 0.05) is 25.3 Å². The first-order valence-electron chi connectivity index (χ1n) is 10.2. The van der Waals surface area contributed by atoms with Crippen molar-refractivity contribution < 1.29 is 18.7 Å². The van der Waals surface area contributed by atoms with Crippen LogP contribution in [0.5, 0.6) is 0 Å². The molecule has 0 saturated heterocycles. The summed E-state index contributed by atoms with van der Waals surface area (Å²) in [7, 11) is 1.29. The number of urea groups is 1. The molecule has 2 aromatic rings. The number of ether oxygens (including phenoxy) is 1. The summed E-state index contributed by atoms with van der Waals surface area (Å²) < 4.78 is 18.8. The molecule has 0 unspecified atom stereocenters. The van der Waals surface area contributed by atoms with Gasteiger partial charge in [-0.3, -0.25) is 4.90 Å². The molecule has 0 bridgehead atoms. The third-order valence-corrected chi connectivity index (χ3v) is 5.56. The number of benzene rings is 2. The average Bonchev–Trinajstić information content (AvgIpc) is 2.79. The molecule has 1 atom stereocenters. The Hall–Kier alpha value is -3.45. The Balaban J connectivity index is 1.60. The Morgan fingerprint density at radius 2 is 2.00 bits per heavy atom. The number of carbonyl (C=O) groups is 2. The van der Waals surface area contributed by atoms with Gasteiger partial charge in [0.15, 0.2) is 0 Å². The van der Waals surface area contributed by atoms with E-state index in [1.165, 1.54) is 30.4 Å². The Morgan fingerprint density at radius 3 is 2.68 bits per heavy atom. The van der Waals surface area contributed by atoms with Gasteiger partial charge in [-0.05, 0) is 35.3 Å². The van der Waals surface area contributed by atoms with Crippen LogP contribution in [-0.2, 0) is 9.53 Å². The molecular weight excluding hydrogens is 397 g/mol. The highest BCUT2D eigenvalue weighted by Crippen LogP contribution is 2.29. The van der Waals surface area contributed by atoms with E-state index in [0.29, 0.717) is 24.4 Å². The summed E-state index contributed by atoms with van der Waals surface area (Å²) in [5.41, 5.74) is 3.73. The minimum Gasteiger partial charge on any atom is -0.466 e. The van der Waals surface area contributed by atoms with Gasteiger partial charge >= 0.3 is 12.0 Å². The summed E-state index contributed by atoms with van der Waals surface area (Å²) in [6.07, 6.45) is 3.04. The van der Waals surface area contributed by atoms with E-state index in [4.69, 9.17) is 4.74 Å². The largest absolute Gasteiger partial charge is 0.466 e. The molecule has 2 amide bonds. The SMILES string of the molecule is COC(=O)C1=C(CN2CC=C(c3ccccc3)CC2)NC(=O)N[C@@H]1c1cccc(F)c1. The fourth-order valence-electron chi connectivity index (χ4n) is 4.02. The van der Waals surface area contributed by atoms with Crippen LogP contribution in [-0.4, -0.2) is 43.6 Å². The number of hydrogen-bond donors (Lipinski definition) is 2. The molecule has 4 rings (SSSR count). The van der Waals surface area contributed by atoms with Crippen LogP contribution in [0.2, 0.25) is 0 Å². The lowest BCUT2D eigenvalue weighted by atomic mass is 9.94. The molecular formula is C24H24FN3O3. The first-order valence-corrected chi connectivity index (χ1v) is 10.2. The van der Waals surface area contributed by atoms with Crippen LogP contribution in [0.1, 0.15) is 23.6 Å². The number of hydrogen-bond acceptors (Lipinski definition) is 4. The molecule has 2 aliphatic rings. The van der Waals surface area contributed by atoms with Crippen molar-refractivity contribution >= 4 is 17.6 Å². The van der Waals surface area contributed by atoms with Crippen LogP contribution >= 0.6 is 0 Å². The van der Waals surface area contributed by atoms with Crippen LogP contribution in [0, 0.1) is 5.82 Å². The van der Waals surface area contributed by atoms with E-state index in [-0.39, 0.29) is 5.57 Å². The molecule has 31 heavy (non-hydrogen) atoms. The maximum Gasteiger partial charge on any atom is 0.338 e. The number of methoxy groups -OCH3 is 1. The van der Waals surface area contributed by atoms with Crippen molar-refractivity contribution in [2.75, 3.05) is 26.7 Å². The van der Waals surface area contributed by atoms with E-state index in [1.54, 1.807) is 12.1 Å². The Morgan fingerprint density at radius 1 is 1.19 bits per heavy atom. The molecule has 2 aliphatic heterocycles. The summed E-state index contributed by atoms with van der Waals surface area (Å²) in [4.78, 5) is 27.1. The highest BCUT2D eigenvalue weighted by Gasteiger charge is 2.34. The summed E-state index contributed by atoms with van der Waals surface area (Å²) in [6, 6.07) is 14.9. The van der Waals surface area contributed by atoms with E-state index < -0.39 is 23.9 Å². The standard InChI is InChI=1S/C24H24FN3O3/c1-31-23(29)21-20(26-24(30)27-22(21)18-8-5-9-19(25)14-18)15-28-12-10-17(11-13-28)16-6-3-2-4-7-16/h2-10,14,22H,11-13,15H2,1H3,(H2,26,27,30)/t22-/m1/s1. The van der Waals surface area contributed by atoms with Crippen molar-refractivity contribution in [1.82, 2.24) is 15.5 Å². The highest BCUT2D eigenvalue weighted by atomic mass is 19.1. The fourth-order valence-corrected chi connectivity index (χ4v) is 4.02. The van der Waals surface area contributed by atoms with Crippen molar-refractivity contribution in [3.05, 3.63) is 88.9 Å². The van der Waals surface area contributed by atoms with Crippen molar-refractivity contribution in [3.8, 4) is 0 Å². The number of nitrogens with one attached hydrogen (secondary N) is 2. The maximum absolute atomic E-state index is 13.8. The smallest absolute Gasteiger partial charge is 0.338 e. The zero-order chi connectivity index (χ0) is 21.8. The molecule has 2 heterocycles. The van der Waals surface area contributed by atoms with Crippen LogP contribution in [0.4, 0.5) is 9.18 Å². The number of carbonyl (C=O) groups excluding carboxylic acids is 2. The summed E-state index contributed by atoms with van der Waals surface area (Å²) in [5, 5.41) is 5.47. The van der Waals surface area contributed by atoms with Crippen molar-refractivity contribution in [2.45, 2.75) is 12.5 Å². The Kier molecular flexibility index (Phi) is 6.13. The van der Waals surface area contributed by atoms with E-state index in [9.17, 15) is 14.0 Å². The third kappa shape index (κ3) is 4.67. The lowest BCUT2D eigenvalue weighted by Crippen LogP contribution is -2.48. The molecule has 6 nitrogen and oxygen atoms in total. The lowest BCUT2D eigenvalue weighted by molar-refractivity contribution is -0.136. The predicted molar refractivity (Wildman–Crippen MR) is 115 cm³/mol. The number of amides is 2. The predicted octanol–water partition coefficient (Wildman–Crippen LogP) is 3.40. The van der Waals surface area contributed by atoms with Gasteiger partial charge in [0.05, 0.1) is 18.7 Å². The zero-order valence-electron chi connectivity index (χ0n) is 17.2. The van der Waals surface area contributed by atoms with Gasteiger partial charge < -0.3 is 15.4 Å². The molecule has 0 radical (unpaired) electrons. The second-order valence-corrected chi connectivity index (χ2v) is 7.55. The fraction of sp³-hybridized carbons (Fsp3) is 0.250. The molecule has 0 aromatic heterocycles. The number of rotatable bonds is 5. The minimum atomic E-state index is -0.785. The molecule has 160 valence electrons. The third-order valence-electron chi connectivity index (χ3n) is 5.56. The normalized spacial score (nSPS) is 19.4. The van der Waals surface area contributed by atoms with Gasteiger partial charge in [-0.25, -0.2) is 14.0 Å². The maximum atomic E-state index is 13.8. The van der Waals surface area contributed by atoms with Crippen LogP contribution in [0.3, 0.4) is 0 Å². The first-order chi connectivity index (χ1) is 15.0. The van der Waals surface area contributed by atoms with Gasteiger partial charge in [0.1, 0.15) is 5.82 Å². The van der Waals surface area contributed by atoms with Crippen molar-refractivity contribution in [1.29, 1.82) is 0 Å². The monoisotopic (exact) mass is 421 g/mol. The molecule has 0 spiro atoms. The van der Waals surface area contributed by atoms with Crippen LogP contribution in [0.25, 0.3) is 5.57 Å². The summed E-state index contributed by atoms with van der Waals surface area (Å²) in [6.45, 7) is 1.85. The van der Waals surface area contributed by atoms with E-state index in [1.807, 2.05) is 18.2 Å². The highest BCUT2D eigenvalue weighted by molar-refractivity contribution is 5.95. The Bertz CT molecular complexity index is 1050. The molecule has 0 fully saturated rings. The van der Waals surface area contributed by atoms with E-state index in [0.717, 1.165) is 13.0 Å². The topological polar surface area (TPSA) is 70.7 Å². The molecule has 0 aliphatic carbocycles. The van der Waals surface area contributed by atoms with Gasteiger partial charge in [-0.1, -0.05) is 48.5 Å². The number of esters is 1. The van der Waals surface area contributed by atoms with E-state index in [2.05, 4.69) is 33.7 Å². The van der Waals surface area contributed by atoms with E-state index >= 15 is 0 Å². The number of nitrogens with zero attached hydrogens (tertiary/aromatic N) is 1. The minimum absolute atomic E-state index is 0.283. The lowest BCUT2D eigenvalue weighted by Gasteiger charge is -2.33. The Labute approximate surface area is 180 Å². The average molecular weight is 421 g/mol. The zero-order valence-corrected chi connectivity index (χ0v) is 17.2. The molecule has 0 saturated carbocycles. The second kappa shape index (κ2) is 9.14. The van der Waals surface area contributed by atoms with Gasteiger partial charge in [-0.15, -0.1) is 0 Å². The van der Waals surface area contributed by atoms with Gasteiger partial charge in [0.2, 0.25) is 0 Å². The summed E-state index contributed by atoms with van der Waals surface area (Å²) >= 11 is 0. The van der Waals surface area contributed by atoms with Crippen molar-refractivity contribution in [2.24, 2.45) is 0 Å². The first kappa shape index (κ1) is 20.8. The second-order valence-electron chi connectivity index (χ2n) is 7.55. The molecule has 7 heteroatoms. The summed E-state index contributed by atoms with van der Waals surface area (Å²) in [5.74, 6) is -1.00. The molecule has 2 aromatic carbocycles. The molecule has 2 N–H and O–H groups in total. The quantitative estimate of drug-likeness (QED) is 0.726. The van der Waals surface area contributed by atoms with Crippen LogP contribution in [0.15, 0.2) is 71.9 Å². The van der Waals surface area contributed by atoms with Crippen molar-refractivity contribution in [3.63, 3.8) is 0 Å². The van der Waals surface area contributed by atoms with Gasteiger partial charge in [-0.2, -0.15) is 0 Å². The number of halogens is 1. The van der Waals surface area contributed by atoms with Gasteiger partial charge in [0.25, 0.3) is 0 Å².